The van der Waals surface area contributed by atoms with Crippen LogP contribution in [0.25, 0.3) is 0 Å². The number of nitrogens with zero attached hydrogens (tertiary/aromatic N) is 3. The lowest BCUT2D eigenvalue weighted by Gasteiger charge is -2.19. The number of aromatic nitrogens is 1. The van der Waals surface area contributed by atoms with Gasteiger partial charge >= 0.3 is 0 Å². The maximum Gasteiger partial charge on any atom is 0.0925 e. The third kappa shape index (κ3) is 2.29. The van der Waals surface area contributed by atoms with Crippen LogP contribution in [0.15, 0.2) is 23.5 Å². The first-order chi connectivity index (χ1) is 7.31. The molecule has 0 N–H and O–H groups in total. The van der Waals surface area contributed by atoms with Gasteiger partial charge < -0.3 is 0 Å². The van der Waals surface area contributed by atoms with Gasteiger partial charge in [-0.05, 0) is 50.3 Å². The molecule has 0 saturated carbocycles. The SMILES string of the molecule is CN1CCCC1c1cncc(N=C=S)c1. The van der Waals surface area contributed by atoms with Gasteiger partial charge in [0.15, 0.2) is 0 Å². The van der Waals surface area contributed by atoms with Crippen LogP contribution in [0.3, 0.4) is 0 Å². The van der Waals surface area contributed by atoms with E-state index in [1.54, 1.807) is 6.20 Å². The molecule has 1 saturated heterocycles. The number of thiocarbonyl (C=S) groups is 1. The average molecular weight is 219 g/mol. The summed E-state index contributed by atoms with van der Waals surface area (Å²) in [5.41, 5.74) is 2.02. The number of likely N-dealkylation sites (tertiary alicyclic amines) is 1. The summed E-state index contributed by atoms with van der Waals surface area (Å²) >= 11 is 4.58. The summed E-state index contributed by atoms with van der Waals surface area (Å²) in [4.78, 5) is 10.5. The standard InChI is InChI=1S/C11H13N3S/c1-14-4-2-3-11(14)9-5-10(13-8-15)7-12-6-9/h5-7,11H,2-4H2,1H3. The van der Waals surface area contributed by atoms with Gasteiger partial charge in [-0.15, -0.1) is 0 Å². The van der Waals surface area contributed by atoms with Crippen molar-refractivity contribution in [3.63, 3.8) is 0 Å². The van der Waals surface area contributed by atoms with Crippen molar-refractivity contribution in [2.24, 2.45) is 4.99 Å². The first kappa shape index (κ1) is 10.4. The second-order valence-corrected chi connectivity index (χ2v) is 4.00. The lowest BCUT2D eigenvalue weighted by Crippen LogP contribution is -2.17. The van der Waals surface area contributed by atoms with Crippen molar-refractivity contribution >= 4 is 23.1 Å². The van der Waals surface area contributed by atoms with E-state index in [0.29, 0.717) is 6.04 Å². The van der Waals surface area contributed by atoms with Gasteiger partial charge in [0, 0.05) is 12.2 Å². The van der Waals surface area contributed by atoms with Crippen molar-refractivity contribution in [1.29, 1.82) is 0 Å². The summed E-state index contributed by atoms with van der Waals surface area (Å²) in [6.07, 6.45) is 6.07. The highest BCUT2D eigenvalue weighted by atomic mass is 32.1. The summed E-state index contributed by atoms with van der Waals surface area (Å²) in [6, 6.07) is 2.52. The van der Waals surface area contributed by atoms with Crippen LogP contribution in [-0.4, -0.2) is 28.6 Å². The van der Waals surface area contributed by atoms with Crippen LogP contribution < -0.4 is 0 Å². The number of isothiocyanates is 1. The monoisotopic (exact) mass is 219 g/mol. The number of rotatable bonds is 2. The van der Waals surface area contributed by atoms with Crippen LogP contribution in [0.2, 0.25) is 0 Å². The molecule has 0 aliphatic carbocycles. The number of pyridine rings is 1. The molecule has 0 aromatic carbocycles. The zero-order valence-electron chi connectivity index (χ0n) is 8.68. The number of hydrogen-bond acceptors (Lipinski definition) is 4. The Labute approximate surface area is 94.8 Å². The Hall–Kier alpha value is -1.09. The van der Waals surface area contributed by atoms with Crippen LogP contribution >= 0.6 is 12.2 Å². The van der Waals surface area contributed by atoms with E-state index in [1.165, 1.54) is 18.4 Å². The molecular weight excluding hydrogens is 206 g/mol. The second-order valence-electron chi connectivity index (χ2n) is 3.82. The van der Waals surface area contributed by atoms with Crippen molar-refractivity contribution in [1.82, 2.24) is 9.88 Å². The highest BCUT2D eigenvalue weighted by Crippen LogP contribution is 2.31. The first-order valence-electron chi connectivity index (χ1n) is 5.04. The van der Waals surface area contributed by atoms with E-state index in [2.05, 4.69) is 39.3 Å². The smallest absolute Gasteiger partial charge is 0.0925 e. The quantitative estimate of drug-likeness (QED) is 0.565. The van der Waals surface area contributed by atoms with Crippen LogP contribution in [0.1, 0.15) is 24.4 Å². The maximum atomic E-state index is 4.58. The molecule has 1 aliphatic rings. The van der Waals surface area contributed by atoms with E-state index in [0.717, 1.165) is 12.2 Å². The predicted molar refractivity (Wildman–Crippen MR) is 63.5 cm³/mol. The minimum atomic E-state index is 0.484. The summed E-state index contributed by atoms with van der Waals surface area (Å²) in [5, 5.41) is 2.37. The average Bonchev–Trinajstić information content (AvgIpc) is 2.65. The third-order valence-electron chi connectivity index (χ3n) is 2.82. The fourth-order valence-corrected chi connectivity index (χ4v) is 2.18. The lowest BCUT2D eigenvalue weighted by atomic mass is 10.1. The Morgan fingerprint density at radius 1 is 1.60 bits per heavy atom. The molecule has 1 unspecified atom stereocenters. The lowest BCUT2D eigenvalue weighted by molar-refractivity contribution is 0.317. The molecule has 0 amide bonds. The van der Waals surface area contributed by atoms with E-state index in [4.69, 9.17) is 0 Å². The fourth-order valence-electron chi connectivity index (χ4n) is 2.07. The summed E-state index contributed by atoms with van der Waals surface area (Å²) in [7, 11) is 2.15. The van der Waals surface area contributed by atoms with Crippen LogP contribution in [-0.2, 0) is 0 Å². The van der Waals surface area contributed by atoms with Gasteiger partial charge in [0.1, 0.15) is 0 Å². The molecule has 0 radical (unpaired) electrons. The zero-order chi connectivity index (χ0) is 10.7. The topological polar surface area (TPSA) is 28.5 Å². The van der Waals surface area contributed by atoms with E-state index in [-0.39, 0.29) is 0 Å². The fraction of sp³-hybridized carbons (Fsp3) is 0.455. The molecule has 1 aliphatic heterocycles. The van der Waals surface area contributed by atoms with E-state index in [9.17, 15) is 0 Å². The van der Waals surface area contributed by atoms with E-state index in [1.807, 2.05) is 12.3 Å². The minimum absolute atomic E-state index is 0.484. The highest BCUT2D eigenvalue weighted by Gasteiger charge is 2.22. The Morgan fingerprint density at radius 2 is 2.47 bits per heavy atom. The van der Waals surface area contributed by atoms with Gasteiger partial charge in [-0.1, -0.05) is 0 Å². The Kier molecular flexibility index (Phi) is 3.21. The molecule has 4 heteroatoms. The summed E-state index contributed by atoms with van der Waals surface area (Å²) in [6.45, 7) is 1.16. The van der Waals surface area contributed by atoms with Crippen LogP contribution in [0, 0.1) is 0 Å². The van der Waals surface area contributed by atoms with Crippen molar-refractivity contribution in [3.05, 3.63) is 24.0 Å². The van der Waals surface area contributed by atoms with Crippen molar-refractivity contribution in [3.8, 4) is 0 Å². The van der Waals surface area contributed by atoms with Crippen LogP contribution in [0.5, 0.6) is 0 Å². The molecule has 3 nitrogen and oxygen atoms in total. The van der Waals surface area contributed by atoms with Gasteiger partial charge in [-0.3, -0.25) is 9.88 Å². The summed E-state index contributed by atoms with van der Waals surface area (Å²) in [5.74, 6) is 0. The van der Waals surface area contributed by atoms with Gasteiger partial charge in [-0.25, -0.2) is 0 Å². The molecule has 1 aromatic rings. The maximum absolute atomic E-state index is 4.58. The Morgan fingerprint density at radius 3 is 3.13 bits per heavy atom. The van der Waals surface area contributed by atoms with Crippen molar-refractivity contribution in [2.75, 3.05) is 13.6 Å². The molecule has 0 spiro atoms. The molecule has 1 aromatic heterocycles. The number of hydrogen-bond donors (Lipinski definition) is 0. The third-order valence-corrected chi connectivity index (χ3v) is 2.92. The van der Waals surface area contributed by atoms with Gasteiger partial charge in [0.05, 0.1) is 17.0 Å². The molecular formula is C11H13N3S. The van der Waals surface area contributed by atoms with Gasteiger partial charge in [0.2, 0.25) is 0 Å². The molecule has 0 bridgehead atoms. The minimum Gasteiger partial charge on any atom is -0.299 e. The van der Waals surface area contributed by atoms with E-state index < -0.39 is 0 Å². The molecule has 2 heterocycles. The molecule has 15 heavy (non-hydrogen) atoms. The van der Waals surface area contributed by atoms with Gasteiger partial charge in [-0.2, -0.15) is 4.99 Å². The van der Waals surface area contributed by atoms with Crippen molar-refractivity contribution < 1.29 is 0 Å². The predicted octanol–water partition coefficient (Wildman–Crippen LogP) is 2.58. The Balaban J connectivity index is 2.27. The second kappa shape index (κ2) is 4.62. The molecule has 2 rings (SSSR count). The van der Waals surface area contributed by atoms with Gasteiger partial charge in [0.25, 0.3) is 0 Å². The Bertz CT molecular complexity index is 399. The largest absolute Gasteiger partial charge is 0.299 e. The van der Waals surface area contributed by atoms with Crippen molar-refractivity contribution in [2.45, 2.75) is 18.9 Å². The highest BCUT2D eigenvalue weighted by molar-refractivity contribution is 7.78. The molecule has 1 fully saturated rings. The molecule has 1 atom stereocenters. The van der Waals surface area contributed by atoms with E-state index >= 15 is 0 Å². The zero-order valence-corrected chi connectivity index (χ0v) is 9.50. The number of aliphatic imine (C=N–C) groups is 1. The normalized spacial score (nSPS) is 21.3. The van der Waals surface area contributed by atoms with Crippen LogP contribution in [0.4, 0.5) is 5.69 Å². The summed E-state index contributed by atoms with van der Waals surface area (Å²) < 4.78 is 0. The molecule has 78 valence electrons. The first-order valence-corrected chi connectivity index (χ1v) is 5.45.